The number of azide groups is 1. The van der Waals surface area contributed by atoms with Crippen LogP contribution in [0, 0.1) is 0 Å². The Morgan fingerprint density at radius 3 is 2.04 bits per heavy atom. The van der Waals surface area contributed by atoms with Crippen molar-refractivity contribution >= 4 is 5.97 Å². The molecule has 0 N–H and O–H groups in total. The Morgan fingerprint density at radius 1 is 0.875 bits per heavy atom. The Morgan fingerprint density at radius 2 is 1.46 bits per heavy atom. The van der Waals surface area contributed by atoms with Crippen LogP contribution in [0.15, 0.2) is 5.11 Å². The summed E-state index contributed by atoms with van der Waals surface area (Å²) in [6.45, 7) is 3.54. The average Bonchev–Trinajstić information content (AvgIpc) is 2.59. The molecule has 0 aliphatic rings. The third kappa shape index (κ3) is 18.8. The summed E-state index contributed by atoms with van der Waals surface area (Å²) in [5.74, 6) is -0.149. The van der Waals surface area contributed by atoms with Gasteiger partial charge in [-0.05, 0) is 12.0 Å². The van der Waals surface area contributed by atoms with Gasteiger partial charge in [0.05, 0.1) is 13.2 Å². The molecule has 0 aliphatic heterocycles. The third-order valence-electron chi connectivity index (χ3n) is 3.87. The summed E-state index contributed by atoms with van der Waals surface area (Å²) in [4.78, 5) is 14.1. The molecule has 6 heteroatoms. The summed E-state index contributed by atoms with van der Waals surface area (Å²) >= 11 is 0. The highest BCUT2D eigenvalue weighted by Gasteiger charge is 2.02. The topological polar surface area (TPSA) is 84.3 Å². The zero-order valence-electron chi connectivity index (χ0n) is 15.4. The van der Waals surface area contributed by atoms with E-state index in [1.807, 2.05) is 0 Å². The molecule has 0 fully saturated rings. The first-order valence-corrected chi connectivity index (χ1v) is 9.55. The minimum absolute atomic E-state index is 0.149. The van der Waals surface area contributed by atoms with Gasteiger partial charge in [0.1, 0.15) is 6.61 Å². The number of esters is 1. The van der Waals surface area contributed by atoms with Gasteiger partial charge in [-0.15, -0.1) is 0 Å². The van der Waals surface area contributed by atoms with E-state index in [1.54, 1.807) is 0 Å². The van der Waals surface area contributed by atoms with Gasteiger partial charge in [-0.2, -0.15) is 0 Å². The molecule has 0 aliphatic carbocycles. The van der Waals surface area contributed by atoms with E-state index in [2.05, 4.69) is 16.9 Å². The van der Waals surface area contributed by atoms with E-state index in [1.165, 1.54) is 57.8 Å². The van der Waals surface area contributed by atoms with Crippen LogP contribution in [0.2, 0.25) is 0 Å². The lowest BCUT2D eigenvalue weighted by Crippen LogP contribution is -2.11. The predicted molar refractivity (Wildman–Crippen MR) is 96.9 cm³/mol. The smallest absolute Gasteiger partial charge is 0.305 e. The van der Waals surface area contributed by atoms with Gasteiger partial charge >= 0.3 is 5.97 Å². The SMILES string of the molecule is CCCCCCCCCCCCCC(=O)OCCOCCN=[N+]=[N-]. The molecule has 0 aromatic heterocycles. The maximum atomic E-state index is 11.5. The molecular weight excluding hydrogens is 306 g/mol. The Hall–Kier alpha value is -1.26. The van der Waals surface area contributed by atoms with Crippen molar-refractivity contribution in [3.8, 4) is 0 Å². The number of carbonyl (C=O) groups excluding carboxylic acids is 1. The lowest BCUT2D eigenvalue weighted by Gasteiger charge is -2.05. The standard InChI is InChI=1S/C18H35N3O3/c1-2-3-4-5-6-7-8-9-10-11-12-13-18(22)24-17-16-23-15-14-20-21-19/h2-17H2,1H3. The highest BCUT2D eigenvalue weighted by atomic mass is 16.6. The Kier molecular flexibility index (Phi) is 18.7. The summed E-state index contributed by atoms with van der Waals surface area (Å²) in [7, 11) is 0. The van der Waals surface area contributed by atoms with Gasteiger partial charge in [0.2, 0.25) is 0 Å². The maximum absolute atomic E-state index is 11.5. The second kappa shape index (κ2) is 19.8. The molecule has 6 nitrogen and oxygen atoms in total. The second-order valence-corrected chi connectivity index (χ2v) is 6.07. The minimum atomic E-state index is -0.149. The molecule has 0 spiro atoms. The third-order valence-corrected chi connectivity index (χ3v) is 3.87. The molecule has 0 aromatic carbocycles. The van der Waals surface area contributed by atoms with Gasteiger partial charge in [-0.25, -0.2) is 0 Å². The monoisotopic (exact) mass is 341 g/mol. The van der Waals surface area contributed by atoms with E-state index in [4.69, 9.17) is 15.0 Å². The van der Waals surface area contributed by atoms with Gasteiger partial charge < -0.3 is 9.47 Å². The molecule has 24 heavy (non-hydrogen) atoms. The normalized spacial score (nSPS) is 10.4. The van der Waals surface area contributed by atoms with E-state index in [0.717, 1.165) is 12.8 Å². The number of rotatable bonds is 18. The minimum Gasteiger partial charge on any atom is -0.463 e. The van der Waals surface area contributed by atoms with E-state index in [0.29, 0.717) is 26.2 Å². The van der Waals surface area contributed by atoms with Crippen LogP contribution >= 0.6 is 0 Å². The van der Waals surface area contributed by atoms with Gasteiger partial charge in [0.15, 0.2) is 0 Å². The van der Waals surface area contributed by atoms with E-state index in [9.17, 15) is 4.79 Å². The zero-order valence-corrected chi connectivity index (χ0v) is 15.4. The van der Waals surface area contributed by atoms with Crippen LogP contribution in [0.1, 0.15) is 84.0 Å². The fourth-order valence-corrected chi connectivity index (χ4v) is 2.47. The molecule has 0 unspecified atom stereocenters. The molecule has 0 bridgehead atoms. The van der Waals surface area contributed by atoms with Crippen LogP contribution in [0.25, 0.3) is 10.4 Å². The lowest BCUT2D eigenvalue weighted by molar-refractivity contribution is -0.145. The van der Waals surface area contributed by atoms with Crippen molar-refractivity contribution in [3.63, 3.8) is 0 Å². The largest absolute Gasteiger partial charge is 0.463 e. The lowest BCUT2D eigenvalue weighted by atomic mass is 10.1. The Bertz CT molecular complexity index is 331. The molecule has 0 atom stereocenters. The molecule has 0 saturated carbocycles. The van der Waals surface area contributed by atoms with Gasteiger partial charge in [-0.1, -0.05) is 76.2 Å². The van der Waals surface area contributed by atoms with Crippen LogP contribution < -0.4 is 0 Å². The quantitative estimate of drug-likeness (QED) is 0.108. The molecule has 0 radical (unpaired) electrons. The highest BCUT2D eigenvalue weighted by Crippen LogP contribution is 2.12. The molecular formula is C18H35N3O3. The first kappa shape index (κ1) is 22.7. The molecule has 0 saturated heterocycles. The molecule has 0 rings (SSSR count). The van der Waals surface area contributed by atoms with Crippen molar-refractivity contribution < 1.29 is 14.3 Å². The van der Waals surface area contributed by atoms with Gasteiger partial charge in [0, 0.05) is 17.9 Å². The summed E-state index contributed by atoms with van der Waals surface area (Å²) in [5.41, 5.74) is 8.08. The fraction of sp³-hybridized carbons (Fsp3) is 0.944. The Balaban J connectivity index is 3.16. The van der Waals surface area contributed by atoms with Crippen LogP contribution in [-0.4, -0.2) is 32.3 Å². The van der Waals surface area contributed by atoms with Crippen molar-refractivity contribution in [2.45, 2.75) is 84.0 Å². The number of unbranched alkanes of at least 4 members (excludes halogenated alkanes) is 10. The number of ether oxygens (including phenoxy) is 2. The summed E-state index contributed by atoms with van der Waals surface area (Å²) in [6.07, 6.45) is 14.5. The van der Waals surface area contributed by atoms with Crippen molar-refractivity contribution in [2.75, 3.05) is 26.4 Å². The van der Waals surface area contributed by atoms with Crippen molar-refractivity contribution in [3.05, 3.63) is 10.4 Å². The van der Waals surface area contributed by atoms with Gasteiger partial charge in [-0.3, -0.25) is 4.79 Å². The van der Waals surface area contributed by atoms with Crippen molar-refractivity contribution in [1.29, 1.82) is 0 Å². The number of hydrogen-bond donors (Lipinski definition) is 0. The second-order valence-electron chi connectivity index (χ2n) is 6.07. The number of nitrogens with zero attached hydrogens (tertiary/aromatic N) is 3. The van der Waals surface area contributed by atoms with Crippen LogP contribution in [-0.2, 0) is 14.3 Å². The number of hydrogen-bond acceptors (Lipinski definition) is 4. The van der Waals surface area contributed by atoms with E-state index < -0.39 is 0 Å². The summed E-state index contributed by atoms with van der Waals surface area (Å²) in [5, 5.41) is 3.35. The highest BCUT2D eigenvalue weighted by molar-refractivity contribution is 5.69. The first-order valence-electron chi connectivity index (χ1n) is 9.55. The number of carbonyl (C=O) groups is 1. The summed E-state index contributed by atoms with van der Waals surface area (Å²) in [6, 6.07) is 0. The maximum Gasteiger partial charge on any atom is 0.305 e. The average molecular weight is 341 g/mol. The summed E-state index contributed by atoms with van der Waals surface area (Å²) < 4.78 is 10.2. The molecule has 0 amide bonds. The van der Waals surface area contributed by atoms with Crippen molar-refractivity contribution in [2.24, 2.45) is 5.11 Å². The Labute approximate surface area is 146 Å². The molecule has 0 heterocycles. The van der Waals surface area contributed by atoms with E-state index in [-0.39, 0.29) is 12.6 Å². The van der Waals surface area contributed by atoms with Crippen molar-refractivity contribution in [1.82, 2.24) is 0 Å². The van der Waals surface area contributed by atoms with Gasteiger partial charge in [0.25, 0.3) is 0 Å². The van der Waals surface area contributed by atoms with Crippen LogP contribution in [0.3, 0.4) is 0 Å². The van der Waals surface area contributed by atoms with Crippen LogP contribution in [0.4, 0.5) is 0 Å². The fourth-order valence-electron chi connectivity index (χ4n) is 2.47. The zero-order chi connectivity index (χ0) is 17.7. The first-order chi connectivity index (χ1) is 11.8. The van der Waals surface area contributed by atoms with E-state index >= 15 is 0 Å². The predicted octanol–water partition coefficient (Wildman–Crippen LogP) is 5.56. The van der Waals surface area contributed by atoms with Crippen LogP contribution in [0.5, 0.6) is 0 Å². The molecule has 0 aromatic rings. The molecule has 140 valence electrons.